The number of Topliss-reactive ketones (excluding diaryl/α,β-unsaturated/α-hetero) is 2. The van der Waals surface area contributed by atoms with E-state index >= 15 is 0 Å². The quantitative estimate of drug-likeness (QED) is 0.362. The molecule has 0 aromatic carbocycles. The normalized spacial score (nSPS) is 17.2. The molecule has 0 spiro atoms. The maximum atomic E-state index is 11.5. The van der Waals surface area contributed by atoms with E-state index in [1.54, 1.807) is 0 Å². The van der Waals surface area contributed by atoms with E-state index in [1.165, 1.54) is 6.92 Å². The van der Waals surface area contributed by atoms with Crippen LogP contribution in [0.15, 0.2) is 0 Å². The van der Waals surface area contributed by atoms with E-state index in [0.29, 0.717) is 0 Å². The first-order valence-corrected chi connectivity index (χ1v) is 5.52. The Bertz CT molecular complexity index is 201. The first-order chi connectivity index (χ1) is 6.45. The highest BCUT2D eigenvalue weighted by Gasteiger charge is 2.28. The fourth-order valence-electron chi connectivity index (χ4n) is 0.962. The molecule has 2 atom stereocenters. The van der Waals surface area contributed by atoms with Crippen molar-refractivity contribution in [1.82, 2.24) is 0 Å². The summed E-state index contributed by atoms with van der Waals surface area (Å²) in [7, 11) is 0. The zero-order valence-electron chi connectivity index (χ0n) is 8.01. The van der Waals surface area contributed by atoms with E-state index in [0.717, 1.165) is 0 Å². The molecule has 82 valence electrons. The van der Waals surface area contributed by atoms with Gasteiger partial charge in [0.25, 0.3) is 0 Å². The first kappa shape index (κ1) is 14.0. The van der Waals surface area contributed by atoms with Crippen molar-refractivity contribution >= 4 is 36.8 Å². The Labute approximate surface area is 94.6 Å². The molecule has 0 heterocycles. The SMILES string of the molecule is CC(C(=O)C(N)CS)C(=O)C(N)CS. The van der Waals surface area contributed by atoms with Gasteiger partial charge in [-0.25, -0.2) is 0 Å². The maximum Gasteiger partial charge on any atom is 0.160 e. The van der Waals surface area contributed by atoms with Crippen molar-refractivity contribution < 1.29 is 9.59 Å². The van der Waals surface area contributed by atoms with Crippen LogP contribution < -0.4 is 11.5 Å². The molecule has 0 amide bonds. The molecule has 0 bridgehead atoms. The van der Waals surface area contributed by atoms with Crippen LogP contribution in [0.1, 0.15) is 6.92 Å². The Hall–Kier alpha value is -0.0400. The molecule has 4 nitrogen and oxygen atoms in total. The number of ketones is 2. The number of rotatable bonds is 6. The van der Waals surface area contributed by atoms with E-state index in [4.69, 9.17) is 11.5 Å². The van der Waals surface area contributed by atoms with Gasteiger partial charge in [-0.1, -0.05) is 0 Å². The third kappa shape index (κ3) is 3.61. The third-order valence-corrected chi connectivity index (χ3v) is 2.76. The Morgan fingerprint density at radius 2 is 1.36 bits per heavy atom. The van der Waals surface area contributed by atoms with Crippen molar-refractivity contribution in [1.29, 1.82) is 0 Å². The number of hydrogen-bond acceptors (Lipinski definition) is 6. The second-order valence-electron chi connectivity index (χ2n) is 3.10. The minimum Gasteiger partial charge on any atom is -0.321 e. The van der Waals surface area contributed by atoms with E-state index in [9.17, 15) is 9.59 Å². The molecule has 0 saturated carbocycles. The predicted octanol–water partition coefficient (Wildman–Crippen LogP) is -0.725. The van der Waals surface area contributed by atoms with Gasteiger partial charge >= 0.3 is 0 Å². The average molecular weight is 236 g/mol. The lowest BCUT2D eigenvalue weighted by atomic mass is 9.93. The number of carbonyl (C=O) groups is 2. The fraction of sp³-hybridized carbons (Fsp3) is 0.750. The third-order valence-electron chi connectivity index (χ3n) is 1.98. The van der Waals surface area contributed by atoms with Crippen LogP contribution in [0.25, 0.3) is 0 Å². The molecule has 6 heteroatoms. The lowest BCUT2D eigenvalue weighted by molar-refractivity contribution is -0.133. The fourth-order valence-corrected chi connectivity index (χ4v) is 1.32. The summed E-state index contributed by atoms with van der Waals surface area (Å²) in [5.74, 6) is -0.942. The first-order valence-electron chi connectivity index (χ1n) is 4.26. The summed E-state index contributed by atoms with van der Waals surface area (Å²) < 4.78 is 0. The van der Waals surface area contributed by atoms with Crippen molar-refractivity contribution in [3.8, 4) is 0 Å². The lowest BCUT2D eigenvalue weighted by Gasteiger charge is -2.16. The zero-order chi connectivity index (χ0) is 11.3. The van der Waals surface area contributed by atoms with Crippen LogP contribution in [-0.4, -0.2) is 35.2 Å². The van der Waals surface area contributed by atoms with Gasteiger partial charge in [0.05, 0.1) is 18.0 Å². The van der Waals surface area contributed by atoms with E-state index in [2.05, 4.69) is 25.3 Å². The van der Waals surface area contributed by atoms with Crippen LogP contribution in [-0.2, 0) is 9.59 Å². The Morgan fingerprint density at radius 1 is 1.07 bits per heavy atom. The summed E-state index contributed by atoms with van der Waals surface area (Å²) in [5, 5.41) is 0. The summed E-state index contributed by atoms with van der Waals surface area (Å²) in [5.41, 5.74) is 10.9. The summed E-state index contributed by atoms with van der Waals surface area (Å²) in [4.78, 5) is 22.9. The van der Waals surface area contributed by atoms with Gasteiger partial charge in [0.1, 0.15) is 0 Å². The van der Waals surface area contributed by atoms with Crippen molar-refractivity contribution in [2.24, 2.45) is 17.4 Å². The molecular weight excluding hydrogens is 220 g/mol. The molecule has 0 rings (SSSR count). The van der Waals surface area contributed by atoms with Crippen LogP contribution in [0.5, 0.6) is 0 Å². The van der Waals surface area contributed by atoms with E-state index in [1.807, 2.05) is 0 Å². The largest absolute Gasteiger partial charge is 0.321 e. The van der Waals surface area contributed by atoms with E-state index < -0.39 is 18.0 Å². The predicted molar refractivity (Wildman–Crippen MR) is 62.8 cm³/mol. The molecule has 4 N–H and O–H groups in total. The number of thiol groups is 2. The Balaban J connectivity index is 4.39. The minimum atomic E-state index is -0.765. The highest BCUT2D eigenvalue weighted by atomic mass is 32.1. The van der Waals surface area contributed by atoms with Crippen molar-refractivity contribution in [2.45, 2.75) is 19.0 Å². The van der Waals surface area contributed by atoms with Gasteiger partial charge in [0.2, 0.25) is 0 Å². The molecular formula is C8H16N2O2S2. The number of nitrogens with two attached hydrogens (primary N) is 2. The molecule has 0 aliphatic rings. The van der Waals surface area contributed by atoms with Gasteiger partial charge in [-0.3, -0.25) is 9.59 Å². The van der Waals surface area contributed by atoms with Crippen LogP contribution in [0.3, 0.4) is 0 Å². The monoisotopic (exact) mass is 236 g/mol. The highest BCUT2D eigenvalue weighted by Crippen LogP contribution is 2.06. The van der Waals surface area contributed by atoms with Gasteiger partial charge in [-0.15, -0.1) is 0 Å². The smallest absolute Gasteiger partial charge is 0.160 e. The Kier molecular flexibility index (Phi) is 6.43. The van der Waals surface area contributed by atoms with Crippen molar-refractivity contribution in [2.75, 3.05) is 11.5 Å². The van der Waals surface area contributed by atoms with Gasteiger partial charge in [-0.05, 0) is 6.92 Å². The second kappa shape index (κ2) is 6.44. The molecule has 0 radical (unpaired) electrons. The average Bonchev–Trinajstić information content (AvgIpc) is 2.23. The standard InChI is InChI=1S/C8H16N2O2S2/c1-4(7(11)5(9)2-13)8(12)6(10)3-14/h4-6,13-14H,2-3,9-10H2,1H3. The second-order valence-corrected chi connectivity index (χ2v) is 3.83. The van der Waals surface area contributed by atoms with Crippen molar-refractivity contribution in [3.63, 3.8) is 0 Å². The van der Waals surface area contributed by atoms with Crippen LogP contribution in [0.4, 0.5) is 0 Å². The van der Waals surface area contributed by atoms with Gasteiger partial charge in [-0.2, -0.15) is 25.3 Å². The molecule has 0 aromatic rings. The summed E-state index contributed by atoms with van der Waals surface area (Å²) in [6.45, 7) is 1.51. The van der Waals surface area contributed by atoms with Crippen LogP contribution in [0.2, 0.25) is 0 Å². The van der Waals surface area contributed by atoms with Gasteiger partial charge in [0, 0.05) is 11.5 Å². The van der Waals surface area contributed by atoms with E-state index in [-0.39, 0.29) is 23.1 Å². The summed E-state index contributed by atoms with van der Waals surface area (Å²) in [6.07, 6.45) is 0. The molecule has 14 heavy (non-hydrogen) atoms. The van der Waals surface area contributed by atoms with Gasteiger partial charge in [0.15, 0.2) is 11.6 Å². The summed E-state index contributed by atoms with van der Waals surface area (Å²) >= 11 is 7.78. The molecule has 0 aliphatic heterocycles. The van der Waals surface area contributed by atoms with Crippen LogP contribution >= 0.6 is 25.3 Å². The number of hydrogen-bond donors (Lipinski definition) is 4. The highest BCUT2D eigenvalue weighted by molar-refractivity contribution is 7.80. The number of carbonyl (C=O) groups excluding carboxylic acids is 2. The molecule has 0 aliphatic carbocycles. The molecule has 0 aromatic heterocycles. The lowest BCUT2D eigenvalue weighted by Crippen LogP contribution is -2.45. The maximum absolute atomic E-state index is 11.5. The summed E-state index contributed by atoms with van der Waals surface area (Å²) in [6, 6.07) is -1.41. The van der Waals surface area contributed by atoms with Crippen LogP contribution in [0, 0.1) is 5.92 Å². The Morgan fingerprint density at radius 3 is 1.57 bits per heavy atom. The molecule has 0 fully saturated rings. The molecule has 2 unspecified atom stereocenters. The minimum absolute atomic E-state index is 0.229. The van der Waals surface area contributed by atoms with Gasteiger partial charge < -0.3 is 11.5 Å². The molecule has 0 saturated heterocycles. The van der Waals surface area contributed by atoms with Crippen molar-refractivity contribution in [3.05, 3.63) is 0 Å². The topological polar surface area (TPSA) is 86.2 Å². The zero-order valence-corrected chi connectivity index (χ0v) is 9.80.